The molecule has 1 aliphatic rings. The largest absolute Gasteiger partial charge is 0.396 e. The Morgan fingerprint density at radius 2 is 1.90 bits per heavy atom. The normalized spacial score (nSPS) is 14.8. The van der Waals surface area contributed by atoms with E-state index < -0.39 is 0 Å². The third-order valence-electron chi connectivity index (χ3n) is 3.75. The van der Waals surface area contributed by atoms with Crippen LogP contribution < -0.4 is 15.5 Å². The molecule has 1 aromatic rings. The number of hydrogen-bond acceptors (Lipinski definition) is 3. The van der Waals surface area contributed by atoms with Crippen LogP contribution in [-0.2, 0) is 6.54 Å². The molecule has 2 amide bonds. The van der Waals surface area contributed by atoms with Crippen LogP contribution in [0, 0.1) is 0 Å². The number of benzene rings is 1. The first-order valence-electron chi connectivity index (χ1n) is 7.76. The number of rotatable bonds is 6. The lowest BCUT2D eigenvalue weighted by Gasteiger charge is -2.30. The highest BCUT2D eigenvalue weighted by Crippen LogP contribution is 2.23. The maximum Gasteiger partial charge on any atom is 0.315 e. The average Bonchev–Trinajstić information content (AvgIpc) is 2.54. The van der Waals surface area contributed by atoms with E-state index in [1.54, 1.807) is 0 Å². The van der Waals surface area contributed by atoms with Gasteiger partial charge < -0.3 is 20.6 Å². The lowest BCUT2D eigenvalue weighted by Crippen LogP contribution is -2.36. The molecule has 0 aliphatic carbocycles. The lowest BCUT2D eigenvalue weighted by atomic mass is 10.1. The van der Waals surface area contributed by atoms with Crippen LogP contribution in [0.25, 0.3) is 0 Å². The van der Waals surface area contributed by atoms with Crippen LogP contribution in [0.2, 0.25) is 0 Å². The van der Waals surface area contributed by atoms with Crippen LogP contribution in [0.15, 0.2) is 24.3 Å². The molecule has 1 aromatic carbocycles. The van der Waals surface area contributed by atoms with Crippen LogP contribution in [0.3, 0.4) is 0 Å². The highest BCUT2D eigenvalue weighted by Gasteiger charge is 2.14. The van der Waals surface area contributed by atoms with Crippen molar-refractivity contribution in [1.82, 2.24) is 10.6 Å². The highest BCUT2D eigenvalue weighted by molar-refractivity contribution is 5.74. The lowest BCUT2D eigenvalue weighted by molar-refractivity contribution is 0.238. The zero-order valence-electron chi connectivity index (χ0n) is 12.5. The first-order chi connectivity index (χ1) is 10.3. The topological polar surface area (TPSA) is 64.6 Å². The van der Waals surface area contributed by atoms with Gasteiger partial charge in [-0.05, 0) is 37.3 Å². The van der Waals surface area contributed by atoms with E-state index in [-0.39, 0.29) is 12.6 Å². The van der Waals surface area contributed by atoms with Gasteiger partial charge in [0.1, 0.15) is 0 Å². The Kier molecular flexibility index (Phi) is 6.34. The second kappa shape index (κ2) is 8.52. The summed E-state index contributed by atoms with van der Waals surface area (Å²) in [6, 6.07) is 8.07. The Hall–Kier alpha value is -1.75. The van der Waals surface area contributed by atoms with Crippen LogP contribution >= 0.6 is 0 Å². The highest BCUT2D eigenvalue weighted by atomic mass is 16.3. The third-order valence-corrected chi connectivity index (χ3v) is 3.75. The second-order valence-electron chi connectivity index (χ2n) is 5.36. The molecule has 1 heterocycles. The molecule has 0 bridgehead atoms. The Labute approximate surface area is 126 Å². The molecule has 0 unspecified atom stereocenters. The number of hydrogen-bond donors (Lipinski definition) is 3. The van der Waals surface area contributed by atoms with Gasteiger partial charge >= 0.3 is 6.03 Å². The molecule has 0 spiro atoms. The molecule has 1 aliphatic heterocycles. The fraction of sp³-hybridized carbons (Fsp3) is 0.562. The van der Waals surface area contributed by atoms with Crippen molar-refractivity contribution in [2.45, 2.75) is 32.2 Å². The van der Waals surface area contributed by atoms with E-state index in [2.05, 4.69) is 33.7 Å². The van der Waals surface area contributed by atoms with E-state index in [4.69, 9.17) is 5.11 Å². The fourth-order valence-corrected chi connectivity index (χ4v) is 2.62. The van der Waals surface area contributed by atoms with Crippen LogP contribution in [-0.4, -0.2) is 37.4 Å². The number of para-hydroxylation sites is 1. The van der Waals surface area contributed by atoms with Gasteiger partial charge in [0, 0.05) is 38.5 Å². The molecule has 1 fully saturated rings. The number of piperidine rings is 1. The Morgan fingerprint density at radius 3 is 2.67 bits per heavy atom. The van der Waals surface area contributed by atoms with Gasteiger partial charge in [0.2, 0.25) is 0 Å². The number of aliphatic hydroxyl groups is 1. The van der Waals surface area contributed by atoms with Crippen molar-refractivity contribution in [2.24, 2.45) is 0 Å². The van der Waals surface area contributed by atoms with E-state index in [0.29, 0.717) is 19.5 Å². The monoisotopic (exact) mass is 291 g/mol. The van der Waals surface area contributed by atoms with Gasteiger partial charge in [0.15, 0.2) is 0 Å². The zero-order chi connectivity index (χ0) is 14.9. The molecular weight excluding hydrogens is 266 g/mol. The van der Waals surface area contributed by atoms with E-state index >= 15 is 0 Å². The predicted molar refractivity (Wildman–Crippen MR) is 84.4 cm³/mol. The molecule has 3 N–H and O–H groups in total. The van der Waals surface area contributed by atoms with Gasteiger partial charge in [-0.3, -0.25) is 0 Å². The van der Waals surface area contributed by atoms with Crippen molar-refractivity contribution < 1.29 is 9.90 Å². The molecule has 1 saturated heterocycles. The summed E-state index contributed by atoms with van der Waals surface area (Å²) < 4.78 is 0. The Morgan fingerprint density at radius 1 is 1.14 bits per heavy atom. The maximum atomic E-state index is 11.7. The molecule has 5 nitrogen and oxygen atoms in total. The van der Waals surface area contributed by atoms with Crippen molar-refractivity contribution in [3.63, 3.8) is 0 Å². The Bertz CT molecular complexity index is 445. The summed E-state index contributed by atoms with van der Waals surface area (Å²) in [5, 5.41) is 14.3. The number of nitrogens with one attached hydrogen (secondary N) is 2. The third kappa shape index (κ3) is 4.93. The predicted octanol–water partition coefficient (Wildman–Crippen LogP) is 1.86. The summed E-state index contributed by atoms with van der Waals surface area (Å²) in [6.45, 7) is 3.31. The fourth-order valence-electron chi connectivity index (χ4n) is 2.62. The van der Waals surface area contributed by atoms with Crippen molar-refractivity contribution in [2.75, 3.05) is 31.1 Å². The van der Waals surface area contributed by atoms with E-state index in [1.807, 2.05) is 6.07 Å². The van der Waals surface area contributed by atoms with Gasteiger partial charge in [-0.15, -0.1) is 0 Å². The van der Waals surface area contributed by atoms with Gasteiger partial charge in [0.25, 0.3) is 0 Å². The maximum absolute atomic E-state index is 11.7. The molecule has 21 heavy (non-hydrogen) atoms. The number of carbonyl (C=O) groups is 1. The average molecular weight is 291 g/mol. The number of aliphatic hydroxyl groups excluding tert-OH is 1. The minimum atomic E-state index is -0.183. The van der Waals surface area contributed by atoms with Crippen molar-refractivity contribution in [1.29, 1.82) is 0 Å². The number of carbonyl (C=O) groups excluding carboxylic acids is 1. The second-order valence-corrected chi connectivity index (χ2v) is 5.36. The minimum absolute atomic E-state index is 0.0953. The number of anilines is 1. The van der Waals surface area contributed by atoms with Crippen LogP contribution in [0.4, 0.5) is 10.5 Å². The Balaban J connectivity index is 1.89. The molecule has 0 atom stereocenters. The first-order valence-corrected chi connectivity index (χ1v) is 7.76. The SMILES string of the molecule is O=C(NCCCO)NCc1ccccc1N1CCCCC1. The van der Waals surface area contributed by atoms with E-state index in [1.165, 1.54) is 24.9 Å². The molecule has 0 radical (unpaired) electrons. The van der Waals surface area contributed by atoms with Crippen LogP contribution in [0.5, 0.6) is 0 Å². The first kappa shape index (κ1) is 15.6. The zero-order valence-corrected chi connectivity index (χ0v) is 12.5. The number of amides is 2. The van der Waals surface area contributed by atoms with Crippen molar-refractivity contribution in [3.8, 4) is 0 Å². The molecule has 0 saturated carbocycles. The molecule has 2 rings (SSSR count). The standard InChI is InChI=1S/C16H25N3O2/c20-12-6-9-17-16(21)18-13-14-7-2-3-8-15(14)19-10-4-1-5-11-19/h2-3,7-8,20H,1,4-6,9-13H2,(H2,17,18,21). The molecular formula is C16H25N3O2. The molecule has 5 heteroatoms. The van der Waals surface area contributed by atoms with Gasteiger partial charge in [0.05, 0.1) is 0 Å². The van der Waals surface area contributed by atoms with Crippen molar-refractivity contribution >= 4 is 11.7 Å². The van der Waals surface area contributed by atoms with E-state index in [0.717, 1.165) is 18.7 Å². The quantitative estimate of drug-likeness (QED) is 0.701. The van der Waals surface area contributed by atoms with Gasteiger partial charge in [-0.1, -0.05) is 18.2 Å². The molecule has 0 aromatic heterocycles. The van der Waals surface area contributed by atoms with E-state index in [9.17, 15) is 4.79 Å². The minimum Gasteiger partial charge on any atom is -0.396 e. The number of urea groups is 1. The summed E-state index contributed by atoms with van der Waals surface area (Å²) >= 11 is 0. The van der Waals surface area contributed by atoms with Crippen LogP contribution in [0.1, 0.15) is 31.2 Å². The summed E-state index contributed by atoms with van der Waals surface area (Å²) in [4.78, 5) is 14.1. The summed E-state index contributed by atoms with van der Waals surface area (Å²) in [6.07, 6.45) is 4.37. The van der Waals surface area contributed by atoms with Gasteiger partial charge in [-0.2, -0.15) is 0 Å². The smallest absolute Gasteiger partial charge is 0.315 e. The molecule has 116 valence electrons. The summed E-state index contributed by atoms with van der Waals surface area (Å²) in [7, 11) is 0. The summed E-state index contributed by atoms with van der Waals surface area (Å²) in [5.41, 5.74) is 2.38. The van der Waals surface area contributed by atoms with Crippen molar-refractivity contribution in [3.05, 3.63) is 29.8 Å². The number of nitrogens with zero attached hydrogens (tertiary/aromatic N) is 1. The van der Waals surface area contributed by atoms with Gasteiger partial charge in [-0.25, -0.2) is 4.79 Å². The summed E-state index contributed by atoms with van der Waals surface area (Å²) in [5.74, 6) is 0.